The second kappa shape index (κ2) is 5.85. The van der Waals surface area contributed by atoms with Crippen LogP contribution in [0.15, 0.2) is 0 Å². The fraction of sp³-hybridized carbons (Fsp3) is 0.929. The van der Waals surface area contributed by atoms with Crippen molar-refractivity contribution in [3.05, 3.63) is 0 Å². The number of nitrogens with zero attached hydrogens (tertiary/aromatic N) is 1. The number of rotatable bonds is 2. The lowest BCUT2D eigenvalue weighted by atomic mass is 9.90. The smallest absolute Gasteiger partial charge is 0.223 e. The zero-order chi connectivity index (χ0) is 12.3. The SMILES string of the molecule is C[C@@H]1CCN(C(=O)CC2CCNCC2)[C@H](C)C1. The number of carbonyl (C=O) groups excluding carboxylic acids is 1. The van der Waals surface area contributed by atoms with Crippen molar-refractivity contribution in [2.24, 2.45) is 11.8 Å². The van der Waals surface area contributed by atoms with E-state index in [0.29, 0.717) is 17.9 Å². The van der Waals surface area contributed by atoms with Crippen molar-refractivity contribution in [1.29, 1.82) is 0 Å². The van der Waals surface area contributed by atoms with Crippen LogP contribution in [0.3, 0.4) is 0 Å². The molecule has 0 aliphatic carbocycles. The van der Waals surface area contributed by atoms with Gasteiger partial charge in [0.25, 0.3) is 0 Å². The summed E-state index contributed by atoms with van der Waals surface area (Å²) in [6.45, 7) is 7.66. The summed E-state index contributed by atoms with van der Waals surface area (Å²) in [6.07, 6.45) is 5.48. The van der Waals surface area contributed by atoms with Crippen molar-refractivity contribution >= 4 is 5.91 Å². The molecule has 2 rings (SSSR count). The first-order chi connectivity index (χ1) is 8.16. The predicted octanol–water partition coefficient (Wildman–Crippen LogP) is 2.02. The largest absolute Gasteiger partial charge is 0.340 e. The summed E-state index contributed by atoms with van der Waals surface area (Å²) in [5, 5.41) is 3.36. The summed E-state index contributed by atoms with van der Waals surface area (Å²) in [4.78, 5) is 14.4. The Hall–Kier alpha value is -0.570. The molecule has 98 valence electrons. The number of hydrogen-bond acceptors (Lipinski definition) is 2. The number of likely N-dealkylation sites (tertiary alicyclic amines) is 1. The number of carbonyl (C=O) groups is 1. The molecule has 0 aromatic carbocycles. The highest BCUT2D eigenvalue weighted by Crippen LogP contribution is 2.25. The first kappa shape index (κ1) is 12.9. The van der Waals surface area contributed by atoms with Crippen molar-refractivity contribution in [2.45, 2.75) is 52.0 Å². The molecule has 2 saturated heterocycles. The highest BCUT2D eigenvalue weighted by molar-refractivity contribution is 5.76. The quantitative estimate of drug-likeness (QED) is 0.798. The van der Waals surface area contributed by atoms with Crippen LogP contribution in [0.5, 0.6) is 0 Å². The highest BCUT2D eigenvalue weighted by Gasteiger charge is 2.28. The number of piperidine rings is 2. The van der Waals surface area contributed by atoms with E-state index < -0.39 is 0 Å². The van der Waals surface area contributed by atoms with Crippen LogP contribution in [-0.4, -0.2) is 36.5 Å². The van der Waals surface area contributed by atoms with Gasteiger partial charge in [0.15, 0.2) is 0 Å². The average Bonchev–Trinajstić information content (AvgIpc) is 2.30. The first-order valence-electron chi connectivity index (χ1n) is 7.17. The van der Waals surface area contributed by atoms with Gasteiger partial charge in [-0.3, -0.25) is 4.79 Å². The lowest BCUT2D eigenvalue weighted by Gasteiger charge is -2.37. The van der Waals surface area contributed by atoms with Gasteiger partial charge in [-0.25, -0.2) is 0 Å². The summed E-state index contributed by atoms with van der Waals surface area (Å²) < 4.78 is 0. The van der Waals surface area contributed by atoms with Crippen LogP contribution in [0.2, 0.25) is 0 Å². The molecule has 2 aliphatic heterocycles. The van der Waals surface area contributed by atoms with E-state index in [1.165, 1.54) is 25.7 Å². The Kier molecular flexibility index (Phi) is 4.43. The monoisotopic (exact) mass is 238 g/mol. The molecule has 3 heteroatoms. The van der Waals surface area contributed by atoms with E-state index in [1.807, 2.05) is 0 Å². The van der Waals surface area contributed by atoms with Gasteiger partial charge in [-0.2, -0.15) is 0 Å². The third-order valence-electron chi connectivity index (χ3n) is 4.38. The van der Waals surface area contributed by atoms with Crippen LogP contribution < -0.4 is 5.32 Å². The maximum atomic E-state index is 12.3. The molecule has 2 aliphatic rings. The number of hydrogen-bond donors (Lipinski definition) is 1. The molecule has 0 saturated carbocycles. The summed E-state index contributed by atoms with van der Waals surface area (Å²) in [5.41, 5.74) is 0. The van der Waals surface area contributed by atoms with Crippen molar-refractivity contribution in [3.8, 4) is 0 Å². The van der Waals surface area contributed by atoms with Crippen LogP contribution in [0.1, 0.15) is 46.0 Å². The van der Waals surface area contributed by atoms with Crippen molar-refractivity contribution in [1.82, 2.24) is 10.2 Å². The van der Waals surface area contributed by atoms with E-state index in [-0.39, 0.29) is 0 Å². The molecule has 0 aromatic heterocycles. The Labute approximate surface area is 105 Å². The molecule has 0 spiro atoms. The zero-order valence-electron chi connectivity index (χ0n) is 11.2. The summed E-state index contributed by atoms with van der Waals surface area (Å²) in [7, 11) is 0. The van der Waals surface area contributed by atoms with Crippen molar-refractivity contribution in [3.63, 3.8) is 0 Å². The summed E-state index contributed by atoms with van der Waals surface area (Å²) >= 11 is 0. The number of nitrogens with one attached hydrogen (secondary N) is 1. The predicted molar refractivity (Wildman–Crippen MR) is 69.8 cm³/mol. The third-order valence-corrected chi connectivity index (χ3v) is 4.38. The molecule has 2 atom stereocenters. The molecule has 0 aromatic rings. The van der Waals surface area contributed by atoms with E-state index in [0.717, 1.165) is 32.0 Å². The van der Waals surface area contributed by atoms with Crippen molar-refractivity contribution < 1.29 is 4.79 Å². The Balaban J connectivity index is 1.82. The van der Waals surface area contributed by atoms with Gasteiger partial charge >= 0.3 is 0 Å². The standard InChI is InChI=1S/C14H26N2O/c1-11-5-8-16(12(2)9-11)14(17)10-13-3-6-15-7-4-13/h11-13,15H,3-10H2,1-2H3/t11-,12-/m1/s1. The Morgan fingerprint density at radius 3 is 2.59 bits per heavy atom. The first-order valence-corrected chi connectivity index (χ1v) is 7.17. The molecule has 2 fully saturated rings. The Morgan fingerprint density at radius 1 is 1.24 bits per heavy atom. The van der Waals surface area contributed by atoms with Gasteiger partial charge < -0.3 is 10.2 Å². The molecular weight excluding hydrogens is 212 g/mol. The average molecular weight is 238 g/mol. The maximum Gasteiger partial charge on any atom is 0.223 e. The van der Waals surface area contributed by atoms with Gasteiger partial charge in [0.1, 0.15) is 0 Å². The van der Waals surface area contributed by atoms with Gasteiger partial charge in [-0.05, 0) is 57.5 Å². The second-order valence-corrected chi connectivity index (χ2v) is 5.96. The highest BCUT2D eigenvalue weighted by atomic mass is 16.2. The molecule has 1 N–H and O–H groups in total. The van der Waals surface area contributed by atoms with Gasteiger partial charge in [0, 0.05) is 19.0 Å². The topological polar surface area (TPSA) is 32.3 Å². The molecule has 17 heavy (non-hydrogen) atoms. The fourth-order valence-electron chi connectivity index (χ4n) is 3.23. The van der Waals surface area contributed by atoms with Crippen LogP contribution in [-0.2, 0) is 4.79 Å². The molecule has 2 heterocycles. The molecule has 0 unspecified atom stereocenters. The van der Waals surface area contributed by atoms with Crippen LogP contribution in [0, 0.1) is 11.8 Å². The fourth-order valence-corrected chi connectivity index (χ4v) is 3.23. The Bertz CT molecular complexity index is 261. The van der Waals surface area contributed by atoms with E-state index in [2.05, 4.69) is 24.1 Å². The van der Waals surface area contributed by atoms with E-state index in [9.17, 15) is 4.79 Å². The molecular formula is C14H26N2O. The minimum absolute atomic E-state index is 0.399. The van der Waals surface area contributed by atoms with Crippen LogP contribution in [0.4, 0.5) is 0 Å². The van der Waals surface area contributed by atoms with Crippen LogP contribution >= 0.6 is 0 Å². The number of amides is 1. The summed E-state index contributed by atoms with van der Waals surface area (Å²) in [6, 6.07) is 0.452. The minimum atomic E-state index is 0.399. The van der Waals surface area contributed by atoms with Crippen LogP contribution in [0.25, 0.3) is 0 Å². The summed E-state index contributed by atoms with van der Waals surface area (Å²) in [5.74, 6) is 1.81. The van der Waals surface area contributed by atoms with Gasteiger partial charge in [-0.15, -0.1) is 0 Å². The van der Waals surface area contributed by atoms with Gasteiger partial charge in [0.2, 0.25) is 5.91 Å². The zero-order valence-corrected chi connectivity index (χ0v) is 11.2. The van der Waals surface area contributed by atoms with Crippen molar-refractivity contribution in [2.75, 3.05) is 19.6 Å². The van der Waals surface area contributed by atoms with E-state index in [4.69, 9.17) is 0 Å². The van der Waals surface area contributed by atoms with E-state index in [1.54, 1.807) is 0 Å². The second-order valence-electron chi connectivity index (χ2n) is 5.96. The lowest BCUT2D eigenvalue weighted by molar-refractivity contribution is -0.136. The Morgan fingerprint density at radius 2 is 1.94 bits per heavy atom. The normalized spacial score (nSPS) is 31.5. The van der Waals surface area contributed by atoms with Gasteiger partial charge in [-0.1, -0.05) is 6.92 Å². The van der Waals surface area contributed by atoms with Gasteiger partial charge in [0.05, 0.1) is 0 Å². The molecule has 3 nitrogen and oxygen atoms in total. The molecule has 1 amide bonds. The lowest BCUT2D eigenvalue weighted by Crippen LogP contribution is -2.45. The molecule has 0 bridgehead atoms. The third kappa shape index (κ3) is 3.44. The molecule has 0 radical (unpaired) electrons. The van der Waals surface area contributed by atoms with E-state index >= 15 is 0 Å². The minimum Gasteiger partial charge on any atom is -0.340 e. The maximum absolute atomic E-state index is 12.3.